The van der Waals surface area contributed by atoms with Gasteiger partial charge in [0.2, 0.25) is 5.95 Å². The highest BCUT2D eigenvalue weighted by molar-refractivity contribution is 5.96. The molecule has 122 valence electrons. The largest absolute Gasteiger partial charge is 0.497 e. The Labute approximate surface area is 139 Å². The summed E-state index contributed by atoms with van der Waals surface area (Å²) < 4.78 is 10.7. The summed E-state index contributed by atoms with van der Waals surface area (Å²) in [6, 6.07) is 11.6. The van der Waals surface area contributed by atoms with Gasteiger partial charge in [0.15, 0.2) is 0 Å². The molecule has 0 saturated carbocycles. The lowest BCUT2D eigenvalue weighted by molar-refractivity contribution is 0.414. The van der Waals surface area contributed by atoms with Crippen LogP contribution in [0.2, 0.25) is 0 Å². The number of nitrogens with zero attached hydrogens (tertiary/aromatic N) is 2. The van der Waals surface area contributed by atoms with Gasteiger partial charge in [-0.05, 0) is 35.4 Å². The molecule has 0 aliphatic heterocycles. The number of anilines is 2. The molecular formula is C18H18N4O2. The number of ether oxygens (including phenoxy) is 2. The highest BCUT2D eigenvalue weighted by Gasteiger charge is 2.10. The molecule has 0 fully saturated rings. The molecule has 1 heterocycles. The van der Waals surface area contributed by atoms with Crippen molar-refractivity contribution in [1.82, 2.24) is 9.97 Å². The molecule has 3 aromatic rings. The quantitative estimate of drug-likeness (QED) is 0.717. The van der Waals surface area contributed by atoms with Crippen LogP contribution < -0.4 is 20.9 Å². The van der Waals surface area contributed by atoms with Gasteiger partial charge in [-0.15, -0.1) is 0 Å². The first-order chi connectivity index (χ1) is 11.6. The van der Waals surface area contributed by atoms with Crippen LogP contribution in [0.4, 0.5) is 11.8 Å². The second-order valence-electron chi connectivity index (χ2n) is 5.19. The first-order valence-electron chi connectivity index (χ1n) is 7.33. The van der Waals surface area contributed by atoms with Gasteiger partial charge in [-0.2, -0.15) is 4.98 Å². The maximum atomic E-state index is 5.94. The topological polar surface area (TPSA) is 96.3 Å². The Bertz CT molecular complexity index is 922. The van der Waals surface area contributed by atoms with Crippen molar-refractivity contribution in [1.29, 1.82) is 0 Å². The number of benzene rings is 2. The van der Waals surface area contributed by atoms with Gasteiger partial charge in [-0.25, -0.2) is 4.98 Å². The molecule has 0 amide bonds. The van der Waals surface area contributed by atoms with Crippen molar-refractivity contribution in [2.75, 3.05) is 25.7 Å². The van der Waals surface area contributed by atoms with Crippen LogP contribution in [-0.2, 0) is 0 Å². The van der Waals surface area contributed by atoms with E-state index < -0.39 is 0 Å². The van der Waals surface area contributed by atoms with Crippen LogP contribution in [0.25, 0.3) is 23.1 Å². The van der Waals surface area contributed by atoms with Gasteiger partial charge >= 0.3 is 0 Å². The van der Waals surface area contributed by atoms with Gasteiger partial charge in [0, 0.05) is 0 Å². The van der Waals surface area contributed by atoms with Crippen LogP contribution in [-0.4, -0.2) is 24.2 Å². The molecule has 0 aliphatic carbocycles. The zero-order chi connectivity index (χ0) is 17.1. The smallest absolute Gasteiger partial charge is 0.222 e. The van der Waals surface area contributed by atoms with E-state index in [1.165, 1.54) is 0 Å². The molecule has 1 aromatic heterocycles. The molecule has 3 rings (SSSR count). The van der Waals surface area contributed by atoms with Crippen molar-refractivity contribution in [3.05, 3.63) is 47.5 Å². The van der Waals surface area contributed by atoms with Gasteiger partial charge < -0.3 is 20.9 Å². The summed E-state index contributed by atoms with van der Waals surface area (Å²) in [7, 11) is 3.23. The van der Waals surface area contributed by atoms with Gasteiger partial charge in [0.25, 0.3) is 0 Å². The van der Waals surface area contributed by atoms with E-state index in [0.29, 0.717) is 22.5 Å². The minimum absolute atomic E-state index is 0.135. The second-order valence-corrected chi connectivity index (χ2v) is 5.19. The van der Waals surface area contributed by atoms with Gasteiger partial charge in [-0.3, -0.25) is 0 Å². The average Bonchev–Trinajstić information content (AvgIpc) is 2.58. The fourth-order valence-corrected chi connectivity index (χ4v) is 2.49. The number of methoxy groups -OCH3 is 2. The molecule has 6 nitrogen and oxygen atoms in total. The number of nitrogen functional groups attached to an aromatic ring is 2. The summed E-state index contributed by atoms with van der Waals surface area (Å²) in [5.74, 6) is 1.85. The summed E-state index contributed by atoms with van der Waals surface area (Å²) in [5.41, 5.74) is 14.2. The summed E-state index contributed by atoms with van der Waals surface area (Å²) in [6.45, 7) is 0. The third-order valence-corrected chi connectivity index (χ3v) is 3.61. The molecule has 4 N–H and O–H groups in total. The van der Waals surface area contributed by atoms with Gasteiger partial charge in [0.1, 0.15) is 17.3 Å². The van der Waals surface area contributed by atoms with Crippen LogP contribution >= 0.6 is 0 Å². The first-order valence-corrected chi connectivity index (χ1v) is 7.33. The normalized spacial score (nSPS) is 11.1. The second kappa shape index (κ2) is 6.45. The fraction of sp³-hybridized carbons (Fsp3) is 0.111. The number of aromatic nitrogens is 2. The maximum Gasteiger partial charge on any atom is 0.222 e. The van der Waals surface area contributed by atoms with E-state index in [1.54, 1.807) is 14.2 Å². The standard InChI is InChI=1S/C18H18N4O2/c1-23-13-5-3-4-11(8-13)6-7-12-9-14-16(15(10-12)24-2)17(19)22-18(20)21-14/h3-10H,1-2H3,(H4,19,20,21,22). The van der Waals surface area contributed by atoms with Crippen LogP contribution in [0.15, 0.2) is 36.4 Å². The SMILES string of the molecule is COc1cccc(C=Cc2cc(OC)c3c(N)nc(N)nc3c2)c1. The van der Waals surface area contributed by atoms with E-state index >= 15 is 0 Å². The number of hydrogen-bond acceptors (Lipinski definition) is 6. The lowest BCUT2D eigenvalue weighted by Gasteiger charge is -2.09. The van der Waals surface area contributed by atoms with E-state index in [-0.39, 0.29) is 5.95 Å². The molecule has 0 aliphatic rings. The Balaban J connectivity index is 2.04. The summed E-state index contributed by atoms with van der Waals surface area (Å²) in [4.78, 5) is 8.23. The van der Waals surface area contributed by atoms with Gasteiger partial charge in [0.05, 0.1) is 25.1 Å². The summed E-state index contributed by atoms with van der Waals surface area (Å²) in [5, 5.41) is 0.658. The summed E-state index contributed by atoms with van der Waals surface area (Å²) in [6.07, 6.45) is 3.95. The van der Waals surface area contributed by atoms with Crippen molar-refractivity contribution in [3.63, 3.8) is 0 Å². The third kappa shape index (κ3) is 3.08. The molecule has 0 spiro atoms. The monoisotopic (exact) mass is 322 g/mol. The zero-order valence-electron chi connectivity index (χ0n) is 13.5. The number of nitrogens with two attached hydrogens (primary N) is 2. The molecule has 24 heavy (non-hydrogen) atoms. The lowest BCUT2D eigenvalue weighted by atomic mass is 10.1. The number of rotatable bonds is 4. The Hall–Kier alpha value is -3.28. The third-order valence-electron chi connectivity index (χ3n) is 3.61. The van der Waals surface area contributed by atoms with Gasteiger partial charge in [-0.1, -0.05) is 24.3 Å². The number of fused-ring (bicyclic) bond motifs is 1. The van der Waals surface area contributed by atoms with Crippen LogP contribution in [0.1, 0.15) is 11.1 Å². The Morgan fingerprint density at radius 2 is 1.71 bits per heavy atom. The average molecular weight is 322 g/mol. The van der Waals surface area contributed by atoms with E-state index in [4.69, 9.17) is 20.9 Å². The van der Waals surface area contributed by atoms with E-state index in [0.717, 1.165) is 16.9 Å². The molecule has 0 bridgehead atoms. The molecule has 0 unspecified atom stereocenters. The maximum absolute atomic E-state index is 5.94. The molecule has 6 heteroatoms. The Morgan fingerprint density at radius 3 is 2.46 bits per heavy atom. The molecular weight excluding hydrogens is 304 g/mol. The molecule has 0 atom stereocenters. The van der Waals surface area contributed by atoms with Crippen molar-refractivity contribution in [2.45, 2.75) is 0 Å². The zero-order valence-corrected chi connectivity index (χ0v) is 13.5. The molecule has 2 aromatic carbocycles. The van der Waals surface area contributed by atoms with E-state index in [2.05, 4.69) is 9.97 Å². The Kier molecular flexibility index (Phi) is 4.20. The lowest BCUT2D eigenvalue weighted by Crippen LogP contribution is -2.02. The minimum Gasteiger partial charge on any atom is -0.497 e. The first kappa shape index (κ1) is 15.6. The van der Waals surface area contributed by atoms with Crippen molar-refractivity contribution < 1.29 is 9.47 Å². The highest BCUT2D eigenvalue weighted by Crippen LogP contribution is 2.31. The van der Waals surface area contributed by atoms with Crippen LogP contribution in [0.5, 0.6) is 11.5 Å². The molecule has 0 saturated heterocycles. The predicted molar refractivity (Wildman–Crippen MR) is 96.8 cm³/mol. The Morgan fingerprint density at radius 1 is 0.917 bits per heavy atom. The number of hydrogen-bond donors (Lipinski definition) is 2. The summed E-state index contributed by atoms with van der Waals surface area (Å²) >= 11 is 0. The highest BCUT2D eigenvalue weighted by atomic mass is 16.5. The molecule has 0 radical (unpaired) electrons. The van der Waals surface area contributed by atoms with E-state index in [1.807, 2.05) is 48.6 Å². The van der Waals surface area contributed by atoms with Crippen molar-refractivity contribution >= 4 is 34.8 Å². The van der Waals surface area contributed by atoms with E-state index in [9.17, 15) is 0 Å². The van der Waals surface area contributed by atoms with Crippen LogP contribution in [0.3, 0.4) is 0 Å². The minimum atomic E-state index is 0.135. The van der Waals surface area contributed by atoms with Crippen molar-refractivity contribution in [3.8, 4) is 11.5 Å². The van der Waals surface area contributed by atoms with Crippen molar-refractivity contribution in [2.24, 2.45) is 0 Å². The van der Waals surface area contributed by atoms with Crippen LogP contribution in [0, 0.1) is 0 Å². The predicted octanol–water partition coefficient (Wildman–Crippen LogP) is 2.98. The fourth-order valence-electron chi connectivity index (χ4n) is 2.49.